The van der Waals surface area contributed by atoms with E-state index < -0.39 is 0 Å². The number of benzene rings is 1. The predicted molar refractivity (Wildman–Crippen MR) is 102 cm³/mol. The number of hydrogen-bond donors (Lipinski definition) is 3. The van der Waals surface area contributed by atoms with Crippen LogP contribution in [0.3, 0.4) is 0 Å². The molecule has 0 saturated heterocycles. The summed E-state index contributed by atoms with van der Waals surface area (Å²) >= 11 is 1.48. The minimum absolute atomic E-state index is 0.0428. The van der Waals surface area contributed by atoms with Gasteiger partial charge in [-0.05, 0) is 31.2 Å². The van der Waals surface area contributed by atoms with Crippen LogP contribution in [0, 0.1) is 18.3 Å². The van der Waals surface area contributed by atoms with Crippen molar-refractivity contribution in [3.05, 3.63) is 41.0 Å². The Balaban J connectivity index is 0.000000817. The third-order valence-corrected chi connectivity index (χ3v) is 4.47. The molecule has 3 rings (SSSR count). The molecule has 1 aromatic carbocycles. The summed E-state index contributed by atoms with van der Waals surface area (Å²) in [6.07, 6.45) is 1.72. The van der Waals surface area contributed by atoms with E-state index in [2.05, 4.69) is 16.0 Å². The molecule has 138 valence electrons. The number of methoxy groups -OCH3 is 1. The van der Waals surface area contributed by atoms with E-state index in [1.54, 1.807) is 24.4 Å². The van der Waals surface area contributed by atoms with E-state index in [1.807, 2.05) is 6.92 Å². The fraction of sp³-hybridized carbons (Fsp3) is 0.111. The maximum atomic E-state index is 9.73. The molecule has 0 aliphatic heterocycles. The van der Waals surface area contributed by atoms with E-state index in [0.29, 0.717) is 22.6 Å². The molecular formula is C18H16N4O4S. The number of carboxylic acid groups (broad SMARTS) is 1. The standard InChI is InChI=1S/C17H14N4O2S.CH2O2/c1-9-20-8-16(24-9)11-6-13(21-17(19)12(11)7-18)10-3-4-14(22)15(5-10)23-2;2-1-3/h3-6,8,22H,1-2H3,(H2,19,21);1H,(H,2,3). The fourth-order valence-electron chi connectivity index (χ4n) is 2.35. The third kappa shape index (κ3) is 4.31. The van der Waals surface area contributed by atoms with E-state index in [1.165, 1.54) is 24.5 Å². The van der Waals surface area contributed by atoms with Crippen LogP contribution in [0.1, 0.15) is 10.6 Å². The lowest BCUT2D eigenvalue weighted by Crippen LogP contribution is -1.99. The Hall–Kier alpha value is -3.64. The second-order valence-corrected chi connectivity index (χ2v) is 6.40. The molecule has 8 nitrogen and oxygen atoms in total. The van der Waals surface area contributed by atoms with Gasteiger partial charge < -0.3 is 20.7 Å². The van der Waals surface area contributed by atoms with Crippen molar-refractivity contribution in [3.8, 4) is 39.3 Å². The molecule has 0 amide bonds. The SMILES string of the molecule is COc1cc(-c2cc(-c3cnc(C)s3)c(C#N)c(N)n2)ccc1O.O=CO. The van der Waals surface area contributed by atoms with Gasteiger partial charge in [0.1, 0.15) is 17.5 Å². The van der Waals surface area contributed by atoms with E-state index >= 15 is 0 Å². The maximum absolute atomic E-state index is 9.73. The topological polar surface area (TPSA) is 142 Å². The molecule has 0 aliphatic rings. The lowest BCUT2D eigenvalue weighted by Gasteiger charge is -2.10. The summed E-state index contributed by atoms with van der Waals surface area (Å²) in [4.78, 5) is 17.8. The first-order valence-electron chi connectivity index (χ1n) is 7.53. The van der Waals surface area contributed by atoms with Crippen molar-refractivity contribution in [2.45, 2.75) is 6.92 Å². The van der Waals surface area contributed by atoms with Crippen LogP contribution in [0.25, 0.3) is 21.7 Å². The van der Waals surface area contributed by atoms with Crippen LogP contribution >= 0.6 is 11.3 Å². The number of aryl methyl sites for hydroxylation is 1. The van der Waals surface area contributed by atoms with E-state index in [4.69, 9.17) is 20.4 Å². The number of carbonyl (C=O) groups is 1. The number of nitrogen functional groups attached to an aromatic ring is 1. The highest BCUT2D eigenvalue weighted by atomic mass is 32.1. The zero-order valence-corrected chi connectivity index (χ0v) is 15.3. The molecule has 0 unspecified atom stereocenters. The van der Waals surface area contributed by atoms with Crippen LogP contribution in [-0.4, -0.2) is 33.8 Å². The number of aromatic hydroxyl groups is 1. The molecule has 3 aromatic rings. The minimum Gasteiger partial charge on any atom is -0.504 e. The van der Waals surface area contributed by atoms with Crippen molar-refractivity contribution >= 4 is 23.6 Å². The van der Waals surface area contributed by atoms with Crippen LogP contribution in [0.5, 0.6) is 11.5 Å². The molecule has 2 heterocycles. The Bertz CT molecular complexity index is 1010. The first-order valence-corrected chi connectivity index (χ1v) is 8.35. The minimum atomic E-state index is -0.250. The number of hydrogen-bond acceptors (Lipinski definition) is 8. The monoisotopic (exact) mass is 384 g/mol. The third-order valence-electron chi connectivity index (χ3n) is 3.52. The highest BCUT2D eigenvalue weighted by Crippen LogP contribution is 2.36. The van der Waals surface area contributed by atoms with Gasteiger partial charge in [-0.25, -0.2) is 9.97 Å². The Labute approximate surface area is 159 Å². The van der Waals surface area contributed by atoms with Crippen LogP contribution in [0.4, 0.5) is 5.82 Å². The van der Waals surface area contributed by atoms with Gasteiger partial charge in [0, 0.05) is 17.3 Å². The molecule has 27 heavy (non-hydrogen) atoms. The van der Waals surface area contributed by atoms with Gasteiger partial charge in [0.2, 0.25) is 0 Å². The molecule has 0 saturated carbocycles. The van der Waals surface area contributed by atoms with Gasteiger partial charge in [-0.1, -0.05) is 0 Å². The fourth-order valence-corrected chi connectivity index (χ4v) is 3.15. The quantitative estimate of drug-likeness (QED) is 0.585. The van der Waals surface area contributed by atoms with E-state index in [0.717, 1.165) is 15.4 Å². The van der Waals surface area contributed by atoms with Crippen LogP contribution in [0.15, 0.2) is 30.5 Å². The Kier molecular flexibility index (Phi) is 6.30. The first kappa shape index (κ1) is 19.7. The zero-order valence-electron chi connectivity index (χ0n) is 14.5. The van der Waals surface area contributed by atoms with Crippen molar-refractivity contribution < 1.29 is 19.7 Å². The maximum Gasteiger partial charge on any atom is 0.290 e. The lowest BCUT2D eigenvalue weighted by molar-refractivity contribution is -0.122. The number of phenolic OH excluding ortho intramolecular Hbond substituents is 1. The van der Waals surface area contributed by atoms with Gasteiger partial charge in [-0.2, -0.15) is 5.26 Å². The van der Waals surface area contributed by atoms with E-state index in [9.17, 15) is 10.4 Å². The zero-order chi connectivity index (χ0) is 20.0. The summed E-state index contributed by atoms with van der Waals surface area (Å²) in [7, 11) is 1.48. The second kappa shape index (κ2) is 8.64. The number of anilines is 1. The number of thiazole rings is 1. The summed E-state index contributed by atoms with van der Waals surface area (Å²) < 4.78 is 5.13. The summed E-state index contributed by atoms with van der Waals surface area (Å²) in [5, 5.41) is 26.9. The Morgan fingerprint density at radius 3 is 2.63 bits per heavy atom. The van der Waals surface area contributed by atoms with Gasteiger partial charge in [0.25, 0.3) is 6.47 Å². The van der Waals surface area contributed by atoms with Crippen molar-refractivity contribution in [2.24, 2.45) is 0 Å². The van der Waals surface area contributed by atoms with Gasteiger partial charge in [-0.3, -0.25) is 4.79 Å². The number of pyridine rings is 1. The molecule has 2 aromatic heterocycles. The molecule has 0 fully saturated rings. The molecule has 0 atom stereocenters. The average molecular weight is 384 g/mol. The largest absolute Gasteiger partial charge is 0.504 e. The number of nitrogens with two attached hydrogens (primary N) is 1. The lowest BCUT2D eigenvalue weighted by atomic mass is 10.0. The van der Waals surface area contributed by atoms with Crippen molar-refractivity contribution in [3.63, 3.8) is 0 Å². The molecule has 0 aliphatic carbocycles. The normalized spacial score (nSPS) is 9.67. The van der Waals surface area contributed by atoms with Gasteiger partial charge >= 0.3 is 0 Å². The van der Waals surface area contributed by atoms with Gasteiger partial charge in [0.15, 0.2) is 11.5 Å². The molecule has 0 spiro atoms. The predicted octanol–water partition coefficient (Wildman–Crippen LogP) is 3.05. The Morgan fingerprint density at radius 2 is 2.07 bits per heavy atom. The molecular weight excluding hydrogens is 368 g/mol. The smallest absolute Gasteiger partial charge is 0.290 e. The Morgan fingerprint density at radius 1 is 1.37 bits per heavy atom. The van der Waals surface area contributed by atoms with E-state index in [-0.39, 0.29) is 18.0 Å². The van der Waals surface area contributed by atoms with Crippen LogP contribution in [0.2, 0.25) is 0 Å². The number of nitriles is 1. The number of nitrogens with zero attached hydrogens (tertiary/aromatic N) is 3. The highest BCUT2D eigenvalue weighted by Gasteiger charge is 2.16. The van der Waals surface area contributed by atoms with Crippen LogP contribution < -0.4 is 10.5 Å². The van der Waals surface area contributed by atoms with Gasteiger partial charge in [-0.15, -0.1) is 11.3 Å². The van der Waals surface area contributed by atoms with Crippen LogP contribution in [-0.2, 0) is 4.79 Å². The van der Waals surface area contributed by atoms with Crippen molar-refractivity contribution in [1.29, 1.82) is 5.26 Å². The first-order chi connectivity index (χ1) is 12.9. The number of phenols is 1. The molecule has 9 heteroatoms. The molecule has 4 N–H and O–H groups in total. The number of ether oxygens (including phenoxy) is 1. The number of rotatable bonds is 3. The molecule has 0 bridgehead atoms. The number of aromatic nitrogens is 2. The molecule has 0 radical (unpaired) electrons. The summed E-state index contributed by atoms with van der Waals surface area (Å²) in [5.41, 5.74) is 8.32. The summed E-state index contributed by atoms with van der Waals surface area (Å²) in [6, 6.07) is 8.82. The summed E-state index contributed by atoms with van der Waals surface area (Å²) in [6.45, 7) is 1.65. The van der Waals surface area contributed by atoms with Crippen molar-refractivity contribution in [1.82, 2.24) is 9.97 Å². The summed E-state index contributed by atoms with van der Waals surface area (Å²) in [5.74, 6) is 0.539. The second-order valence-electron chi connectivity index (χ2n) is 5.16. The highest BCUT2D eigenvalue weighted by molar-refractivity contribution is 7.15. The van der Waals surface area contributed by atoms with Crippen molar-refractivity contribution in [2.75, 3.05) is 12.8 Å². The van der Waals surface area contributed by atoms with Gasteiger partial charge in [0.05, 0.1) is 22.7 Å². The average Bonchev–Trinajstić information content (AvgIpc) is 3.08.